The molecular weight excluding hydrogens is 302 g/mol. The zero-order chi connectivity index (χ0) is 17.8. The first-order valence-electron chi connectivity index (χ1n) is 7.95. The molecule has 0 bridgehead atoms. The Morgan fingerprint density at radius 2 is 1.91 bits per heavy atom. The Morgan fingerprint density at radius 3 is 2.39 bits per heavy atom. The van der Waals surface area contributed by atoms with Gasteiger partial charge >= 0.3 is 18.2 Å². The number of hydrogen-bond donors (Lipinski definition) is 0. The molecule has 0 unspecified atom stereocenters. The molecule has 0 aliphatic carbocycles. The number of rotatable bonds is 5. The van der Waals surface area contributed by atoms with Gasteiger partial charge in [-0.25, -0.2) is 14.5 Å². The van der Waals surface area contributed by atoms with Gasteiger partial charge in [0.2, 0.25) is 0 Å². The maximum Gasteiger partial charge on any atom is 0.420 e. The molecule has 7 heteroatoms. The molecule has 0 N–H and O–H groups in total. The monoisotopic (exact) mass is 329 g/mol. The van der Waals surface area contributed by atoms with Crippen molar-refractivity contribution in [1.29, 1.82) is 0 Å². The number of nitrogens with zero attached hydrogens (tertiary/aromatic N) is 1. The molecule has 7 nitrogen and oxygen atoms in total. The van der Waals surface area contributed by atoms with Gasteiger partial charge in [0, 0.05) is 6.42 Å². The minimum Gasteiger partial charge on any atom is -0.466 e. The van der Waals surface area contributed by atoms with Crippen LogP contribution in [0.2, 0.25) is 0 Å². The smallest absolute Gasteiger partial charge is 0.420 e. The van der Waals surface area contributed by atoms with Crippen molar-refractivity contribution in [3.05, 3.63) is 0 Å². The van der Waals surface area contributed by atoms with Gasteiger partial charge in [-0.3, -0.25) is 4.79 Å². The summed E-state index contributed by atoms with van der Waals surface area (Å²) in [6, 6.07) is -0.466. The minimum absolute atomic E-state index is 0.0267. The molecule has 1 fully saturated rings. The van der Waals surface area contributed by atoms with Gasteiger partial charge in [0.1, 0.15) is 11.7 Å². The molecule has 1 rings (SSSR count). The average molecular weight is 329 g/mol. The van der Waals surface area contributed by atoms with Crippen molar-refractivity contribution in [1.82, 2.24) is 4.90 Å². The van der Waals surface area contributed by atoms with Crippen LogP contribution in [0.25, 0.3) is 0 Å². The van der Waals surface area contributed by atoms with Crippen LogP contribution < -0.4 is 0 Å². The Balaban J connectivity index is 2.82. The molecule has 0 aromatic carbocycles. The van der Waals surface area contributed by atoms with Gasteiger partial charge in [-0.05, 0) is 40.0 Å². The first kappa shape index (κ1) is 19.3. The second-order valence-electron chi connectivity index (χ2n) is 6.85. The van der Waals surface area contributed by atoms with E-state index in [-0.39, 0.29) is 18.3 Å². The first-order chi connectivity index (χ1) is 10.6. The van der Waals surface area contributed by atoms with Crippen LogP contribution in [0.3, 0.4) is 0 Å². The van der Waals surface area contributed by atoms with Gasteiger partial charge in [-0.1, -0.05) is 13.8 Å². The van der Waals surface area contributed by atoms with Crippen molar-refractivity contribution >= 4 is 18.2 Å². The number of ether oxygens (including phenoxy) is 3. The molecule has 0 aromatic heterocycles. The van der Waals surface area contributed by atoms with E-state index in [2.05, 4.69) is 0 Å². The Bertz CT molecular complexity index is 454. The Labute approximate surface area is 137 Å². The lowest BCUT2D eigenvalue weighted by molar-refractivity contribution is -0.143. The molecule has 0 radical (unpaired) electrons. The van der Waals surface area contributed by atoms with Crippen molar-refractivity contribution < 1.29 is 28.6 Å². The Morgan fingerprint density at radius 1 is 1.30 bits per heavy atom. The van der Waals surface area contributed by atoms with Gasteiger partial charge in [-0.15, -0.1) is 0 Å². The van der Waals surface area contributed by atoms with E-state index in [0.29, 0.717) is 13.0 Å². The van der Waals surface area contributed by atoms with Gasteiger partial charge in [0.05, 0.1) is 12.6 Å². The van der Waals surface area contributed by atoms with Crippen LogP contribution in [0.15, 0.2) is 0 Å². The van der Waals surface area contributed by atoms with Crippen LogP contribution in [-0.2, 0) is 19.0 Å². The highest BCUT2D eigenvalue weighted by Gasteiger charge is 2.48. The fourth-order valence-electron chi connectivity index (χ4n) is 2.50. The number of imide groups is 1. The molecule has 1 heterocycles. The van der Waals surface area contributed by atoms with Gasteiger partial charge < -0.3 is 14.2 Å². The molecule has 0 aromatic rings. The third-order valence-corrected chi connectivity index (χ3v) is 3.34. The van der Waals surface area contributed by atoms with Crippen molar-refractivity contribution in [2.75, 3.05) is 6.61 Å². The van der Waals surface area contributed by atoms with Crippen LogP contribution in [0.1, 0.15) is 54.4 Å². The molecule has 132 valence electrons. The number of carbonyl (C=O) groups excluding carboxylic acids is 3. The maximum absolute atomic E-state index is 12.3. The van der Waals surface area contributed by atoms with Crippen molar-refractivity contribution in [3.63, 3.8) is 0 Å². The van der Waals surface area contributed by atoms with Crippen molar-refractivity contribution in [2.24, 2.45) is 5.92 Å². The summed E-state index contributed by atoms with van der Waals surface area (Å²) in [5, 5.41) is 0. The second kappa shape index (κ2) is 7.66. The van der Waals surface area contributed by atoms with E-state index in [1.54, 1.807) is 27.7 Å². The minimum atomic E-state index is -0.730. The molecule has 1 aliphatic rings. The van der Waals surface area contributed by atoms with E-state index >= 15 is 0 Å². The molecule has 2 atom stereocenters. The summed E-state index contributed by atoms with van der Waals surface area (Å²) in [5.74, 6) is -0.372. The second-order valence-corrected chi connectivity index (χ2v) is 6.85. The Kier molecular flexibility index (Phi) is 6.41. The molecule has 0 spiro atoms. The SMILES string of the molecule is CCOC(=O)CC[C@@H]1OC(=O)N(C(=O)OC(C)(C)C)[C@H]1C(C)C. The van der Waals surface area contributed by atoms with Crippen molar-refractivity contribution in [2.45, 2.75) is 72.1 Å². The topological polar surface area (TPSA) is 82.1 Å². The number of cyclic esters (lactones) is 1. The predicted octanol–water partition coefficient (Wildman–Crippen LogP) is 3.11. The highest BCUT2D eigenvalue weighted by molar-refractivity contribution is 5.90. The molecule has 23 heavy (non-hydrogen) atoms. The van der Waals surface area contributed by atoms with Crippen LogP contribution >= 0.6 is 0 Å². The summed E-state index contributed by atoms with van der Waals surface area (Å²) >= 11 is 0. The highest BCUT2D eigenvalue weighted by Crippen LogP contribution is 2.30. The molecule has 1 aliphatic heterocycles. The normalized spacial score (nSPS) is 21.3. The van der Waals surface area contributed by atoms with Gasteiger partial charge in [0.15, 0.2) is 0 Å². The van der Waals surface area contributed by atoms with E-state index in [1.165, 1.54) is 0 Å². The van der Waals surface area contributed by atoms with Crippen LogP contribution in [0.5, 0.6) is 0 Å². The first-order valence-corrected chi connectivity index (χ1v) is 7.95. The van der Waals surface area contributed by atoms with Crippen LogP contribution in [0, 0.1) is 5.92 Å². The summed E-state index contributed by atoms with van der Waals surface area (Å²) in [6.45, 7) is 11.0. The summed E-state index contributed by atoms with van der Waals surface area (Å²) in [7, 11) is 0. The zero-order valence-electron chi connectivity index (χ0n) is 14.8. The molecule has 2 amide bonds. The lowest BCUT2D eigenvalue weighted by Crippen LogP contribution is -2.46. The average Bonchev–Trinajstić information content (AvgIpc) is 2.71. The highest BCUT2D eigenvalue weighted by atomic mass is 16.6. The standard InChI is InChI=1S/C16H27NO6/c1-7-21-12(18)9-8-11-13(10(2)3)17(14(19)22-11)15(20)23-16(4,5)6/h10-11,13H,7-9H2,1-6H3/t11-,13-/m0/s1. The predicted molar refractivity (Wildman–Crippen MR) is 82.8 cm³/mol. The van der Waals surface area contributed by atoms with E-state index < -0.39 is 29.9 Å². The lowest BCUT2D eigenvalue weighted by Gasteiger charge is -2.28. The number of hydrogen-bond acceptors (Lipinski definition) is 6. The summed E-state index contributed by atoms with van der Waals surface area (Å²) < 4.78 is 15.4. The fourth-order valence-corrected chi connectivity index (χ4v) is 2.50. The van der Waals surface area contributed by atoms with E-state index in [4.69, 9.17) is 14.2 Å². The number of esters is 1. The Hall–Kier alpha value is -1.79. The summed E-state index contributed by atoms with van der Waals surface area (Å²) in [6.07, 6.45) is -1.55. The molecule has 1 saturated heterocycles. The number of carbonyl (C=O) groups is 3. The maximum atomic E-state index is 12.3. The summed E-state index contributed by atoms with van der Waals surface area (Å²) in [4.78, 5) is 36.9. The quantitative estimate of drug-likeness (QED) is 0.569. The van der Waals surface area contributed by atoms with E-state index in [9.17, 15) is 14.4 Å². The molecular formula is C16H27NO6. The largest absolute Gasteiger partial charge is 0.466 e. The van der Waals surface area contributed by atoms with Gasteiger partial charge in [-0.2, -0.15) is 0 Å². The summed E-state index contributed by atoms with van der Waals surface area (Å²) in [5.41, 5.74) is -0.706. The van der Waals surface area contributed by atoms with Crippen LogP contribution in [-0.4, -0.2) is 47.4 Å². The third-order valence-electron chi connectivity index (χ3n) is 3.34. The fraction of sp³-hybridized carbons (Fsp3) is 0.812. The molecule has 0 saturated carbocycles. The van der Waals surface area contributed by atoms with E-state index in [1.807, 2.05) is 13.8 Å². The van der Waals surface area contributed by atoms with Crippen molar-refractivity contribution in [3.8, 4) is 0 Å². The third kappa shape index (κ3) is 5.41. The van der Waals surface area contributed by atoms with E-state index in [0.717, 1.165) is 4.90 Å². The van der Waals surface area contributed by atoms with Gasteiger partial charge in [0.25, 0.3) is 0 Å². The zero-order valence-corrected chi connectivity index (χ0v) is 14.8. The lowest BCUT2D eigenvalue weighted by atomic mass is 9.95. The number of amides is 2. The van der Waals surface area contributed by atoms with Crippen LogP contribution in [0.4, 0.5) is 9.59 Å².